The van der Waals surface area contributed by atoms with Crippen LogP contribution >= 0.6 is 0 Å². The number of nitrogens with zero attached hydrogens (tertiary/aromatic N) is 4. The number of imide groups is 1. The molecule has 1 saturated heterocycles. The summed E-state index contributed by atoms with van der Waals surface area (Å²) >= 11 is 0. The molecule has 1 aromatic carbocycles. The number of carbonyl (C=O) groups excluding carboxylic acids is 3. The van der Waals surface area contributed by atoms with E-state index in [0.717, 1.165) is 16.4 Å². The van der Waals surface area contributed by atoms with Crippen LogP contribution in [0.1, 0.15) is 24.2 Å². The van der Waals surface area contributed by atoms with Gasteiger partial charge in [0.25, 0.3) is 5.91 Å². The highest BCUT2D eigenvalue weighted by Crippen LogP contribution is 2.13. The predicted molar refractivity (Wildman–Crippen MR) is 113 cm³/mol. The zero-order chi connectivity index (χ0) is 22.5. The van der Waals surface area contributed by atoms with Crippen LogP contribution in [0.5, 0.6) is 0 Å². The van der Waals surface area contributed by atoms with Crippen molar-refractivity contribution in [3.63, 3.8) is 0 Å². The Morgan fingerprint density at radius 1 is 1.12 bits per heavy atom. The predicted octanol–water partition coefficient (Wildman–Crippen LogP) is 1.47. The van der Waals surface area contributed by atoms with Crippen molar-refractivity contribution >= 4 is 23.5 Å². The summed E-state index contributed by atoms with van der Waals surface area (Å²) in [6.45, 7) is 0.544. The van der Waals surface area contributed by atoms with Crippen LogP contribution in [0.3, 0.4) is 0 Å². The van der Waals surface area contributed by atoms with Gasteiger partial charge in [-0.15, -0.1) is 10.2 Å². The number of nitrogens with one attached hydrogen (secondary N) is 2. The summed E-state index contributed by atoms with van der Waals surface area (Å²) in [6.07, 6.45) is 3.06. The molecule has 0 aliphatic carbocycles. The molecule has 9 nitrogen and oxygen atoms in total. The van der Waals surface area contributed by atoms with Crippen LogP contribution in [0, 0.1) is 5.82 Å². The van der Waals surface area contributed by atoms with Gasteiger partial charge >= 0.3 is 6.03 Å². The van der Waals surface area contributed by atoms with Gasteiger partial charge < -0.3 is 10.6 Å². The van der Waals surface area contributed by atoms with Crippen molar-refractivity contribution in [1.29, 1.82) is 0 Å². The minimum atomic E-state index is -0.735. The van der Waals surface area contributed by atoms with Crippen LogP contribution in [-0.4, -0.2) is 56.5 Å². The second-order valence-electron chi connectivity index (χ2n) is 7.56. The van der Waals surface area contributed by atoms with E-state index in [2.05, 4.69) is 20.8 Å². The highest BCUT2D eigenvalue weighted by molar-refractivity contribution is 6.04. The number of carbonyl (C=O) groups is 3. The average Bonchev–Trinajstić information content (AvgIpc) is 3.31. The highest BCUT2D eigenvalue weighted by Gasteiger charge is 2.37. The van der Waals surface area contributed by atoms with E-state index in [9.17, 15) is 18.8 Å². The van der Waals surface area contributed by atoms with Gasteiger partial charge in [0.15, 0.2) is 5.65 Å². The van der Waals surface area contributed by atoms with Gasteiger partial charge in [0.2, 0.25) is 5.91 Å². The standard InChI is InChI=1S/C22H23FN6O3/c23-16-5-3-4-15(14-16)10-13-29-21(31)17(25-22(29)32)7-8-20(30)24-11-9-19-27-26-18-6-1-2-12-28(18)19/h1-6,12,14,17H,7-11,13H2,(H,24,30)(H,25,32). The number of hydrogen-bond acceptors (Lipinski definition) is 5. The topological polar surface area (TPSA) is 109 Å². The Hall–Kier alpha value is -3.82. The number of rotatable bonds is 9. The second-order valence-corrected chi connectivity index (χ2v) is 7.56. The average molecular weight is 438 g/mol. The molecule has 0 radical (unpaired) electrons. The van der Waals surface area contributed by atoms with Gasteiger partial charge in [0.05, 0.1) is 0 Å². The van der Waals surface area contributed by atoms with Crippen molar-refractivity contribution < 1.29 is 18.8 Å². The molecule has 4 rings (SSSR count). The Kier molecular flexibility index (Phi) is 6.39. The first-order chi connectivity index (χ1) is 15.5. The fourth-order valence-corrected chi connectivity index (χ4v) is 3.66. The van der Waals surface area contributed by atoms with Crippen LogP contribution in [0.15, 0.2) is 48.7 Å². The molecule has 1 aliphatic heterocycles. The molecule has 166 valence electrons. The van der Waals surface area contributed by atoms with Gasteiger partial charge in [0.1, 0.15) is 17.7 Å². The monoisotopic (exact) mass is 438 g/mol. The summed E-state index contributed by atoms with van der Waals surface area (Å²) in [6, 6.07) is 10.4. The van der Waals surface area contributed by atoms with E-state index in [0.29, 0.717) is 24.9 Å². The number of pyridine rings is 1. The molecule has 4 amide bonds. The van der Waals surface area contributed by atoms with Crippen molar-refractivity contribution in [2.75, 3.05) is 13.1 Å². The maximum atomic E-state index is 13.3. The number of benzene rings is 1. The van der Waals surface area contributed by atoms with Crippen LogP contribution in [-0.2, 0) is 22.4 Å². The molecular formula is C22H23FN6O3. The maximum Gasteiger partial charge on any atom is 0.324 e. The summed E-state index contributed by atoms with van der Waals surface area (Å²) in [4.78, 5) is 38.0. The molecule has 10 heteroatoms. The lowest BCUT2D eigenvalue weighted by molar-refractivity contribution is -0.127. The Bertz CT molecular complexity index is 1150. The van der Waals surface area contributed by atoms with E-state index in [1.165, 1.54) is 12.1 Å². The first-order valence-electron chi connectivity index (χ1n) is 10.4. The molecule has 1 aliphatic rings. The molecule has 1 atom stereocenters. The maximum absolute atomic E-state index is 13.3. The molecule has 0 bridgehead atoms. The Labute approximate surface area is 183 Å². The molecule has 3 aromatic rings. The number of fused-ring (bicyclic) bond motifs is 1. The van der Waals surface area contributed by atoms with E-state index in [1.54, 1.807) is 12.1 Å². The number of aromatic nitrogens is 3. The number of halogens is 1. The van der Waals surface area contributed by atoms with Gasteiger partial charge in [-0.25, -0.2) is 9.18 Å². The third-order valence-electron chi connectivity index (χ3n) is 5.34. The van der Waals surface area contributed by atoms with Crippen molar-refractivity contribution in [3.8, 4) is 0 Å². The molecule has 2 N–H and O–H groups in total. The van der Waals surface area contributed by atoms with Crippen molar-refractivity contribution in [3.05, 3.63) is 65.9 Å². The smallest absolute Gasteiger partial charge is 0.324 e. The summed E-state index contributed by atoms with van der Waals surface area (Å²) < 4.78 is 15.1. The van der Waals surface area contributed by atoms with Crippen molar-refractivity contribution in [1.82, 2.24) is 30.1 Å². The number of hydrogen-bond donors (Lipinski definition) is 2. The zero-order valence-corrected chi connectivity index (χ0v) is 17.3. The minimum Gasteiger partial charge on any atom is -0.356 e. The molecule has 0 spiro atoms. The molecule has 0 saturated carbocycles. The van der Waals surface area contributed by atoms with E-state index in [4.69, 9.17) is 0 Å². The van der Waals surface area contributed by atoms with E-state index in [1.807, 2.05) is 28.8 Å². The normalized spacial score (nSPS) is 15.9. The Balaban J connectivity index is 1.20. The molecular weight excluding hydrogens is 415 g/mol. The van der Waals surface area contributed by atoms with Gasteiger partial charge in [-0.2, -0.15) is 0 Å². The highest BCUT2D eigenvalue weighted by atomic mass is 19.1. The van der Waals surface area contributed by atoms with E-state index < -0.39 is 12.1 Å². The van der Waals surface area contributed by atoms with Crippen molar-refractivity contribution in [2.24, 2.45) is 0 Å². The molecule has 1 fully saturated rings. The Morgan fingerprint density at radius 2 is 2.00 bits per heavy atom. The van der Waals surface area contributed by atoms with E-state index in [-0.39, 0.29) is 37.0 Å². The summed E-state index contributed by atoms with van der Waals surface area (Å²) in [5.41, 5.74) is 1.44. The summed E-state index contributed by atoms with van der Waals surface area (Å²) in [7, 11) is 0. The molecule has 3 heterocycles. The summed E-state index contributed by atoms with van der Waals surface area (Å²) in [5.74, 6) is -0.193. The largest absolute Gasteiger partial charge is 0.356 e. The molecule has 32 heavy (non-hydrogen) atoms. The number of urea groups is 1. The quantitative estimate of drug-likeness (QED) is 0.492. The van der Waals surface area contributed by atoms with Crippen LogP contribution < -0.4 is 10.6 Å². The van der Waals surface area contributed by atoms with E-state index >= 15 is 0 Å². The Morgan fingerprint density at radius 3 is 2.84 bits per heavy atom. The minimum absolute atomic E-state index is 0.106. The molecule has 1 unspecified atom stereocenters. The zero-order valence-electron chi connectivity index (χ0n) is 17.3. The SMILES string of the molecule is O=C(CCC1NC(=O)N(CCc2cccc(F)c2)C1=O)NCCc1nnc2ccccn12. The fraction of sp³-hybridized carbons (Fsp3) is 0.318. The van der Waals surface area contributed by atoms with Crippen LogP contribution in [0.25, 0.3) is 5.65 Å². The lowest BCUT2D eigenvalue weighted by Crippen LogP contribution is -2.34. The van der Waals surface area contributed by atoms with Gasteiger partial charge in [-0.3, -0.25) is 18.9 Å². The lowest BCUT2D eigenvalue weighted by atomic mass is 10.1. The van der Waals surface area contributed by atoms with Crippen LogP contribution in [0.4, 0.5) is 9.18 Å². The van der Waals surface area contributed by atoms with Crippen LogP contribution in [0.2, 0.25) is 0 Å². The first-order valence-corrected chi connectivity index (χ1v) is 10.4. The second kappa shape index (κ2) is 9.54. The number of amides is 4. The fourth-order valence-electron chi connectivity index (χ4n) is 3.66. The third-order valence-corrected chi connectivity index (χ3v) is 5.34. The van der Waals surface area contributed by atoms with Gasteiger partial charge in [0, 0.05) is 32.1 Å². The van der Waals surface area contributed by atoms with Gasteiger partial charge in [-0.1, -0.05) is 18.2 Å². The lowest BCUT2D eigenvalue weighted by Gasteiger charge is -2.13. The first kappa shape index (κ1) is 21.4. The van der Waals surface area contributed by atoms with Crippen molar-refractivity contribution in [2.45, 2.75) is 31.7 Å². The molecule has 2 aromatic heterocycles. The third kappa shape index (κ3) is 4.90. The van der Waals surface area contributed by atoms with Gasteiger partial charge in [-0.05, 0) is 42.7 Å². The summed E-state index contributed by atoms with van der Waals surface area (Å²) in [5, 5.41) is 13.6.